The summed E-state index contributed by atoms with van der Waals surface area (Å²) in [6.45, 7) is 0.527. The molecule has 2 rings (SSSR count). The molecule has 0 unspecified atom stereocenters. The lowest BCUT2D eigenvalue weighted by Crippen LogP contribution is -2.28. The van der Waals surface area contributed by atoms with Gasteiger partial charge < -0.3 is 10.1 Å². The van der Waals surface area contributed by atoms with Gasteiger partial charge in [-0.05, 0) is 30.5 Å². The van der Waals surface area contributed by atoms with Crippen LogP contribution in [0.5, 0.6) is 5.75 Å². The summed E-state index contributed by atoms with van der Waals surface area (Å²) in [4.78, 5) is 11.9. The van der Waals surface area contributed by atoms with E-state index in [0.29, 0.717) is 17.3 Å². The van der Waals surface area contributed by atoms with Crippen LogP contribution >= 0.6 is 11.6 Å². The second-order valence-electron chi connectivity index (χ2n) is 4.67. The van der Waals surface area contributed by atoms with Gasteiger partial charge in [0.05, 0.1) is 12.1 Å². The maximum atomic E-state index is 11.9. The molecule has 0 heterocycles. The summed E-state index contributed by atoms with van der Waals surface area (Å²) in [5.41, 5.74) is 0.993. The normalized spacial score (nSPS) is 15.7. The molecule has 1 amide bonds. The maximum absolute atomic E-state index is 11.9. The van der Waals surface area contributed by atoms with Gasteiger partial charge in [-0.3, -0.25) is 4.79 Å². The number of carbonyl (C=O) groups excluding carboxylic acids is 1. The summed E-state index contributed by atoms with van der Waals surface area (Å²) in [6, 6.07) is 5.56. The van der Waals surface area contributed by atoms with Crippen LogP contribution in [0.25, 0.3) is 0 Å². The first kappa shape index (κ1) is 13.2. The molecular formula is C14H18ClNO2. The van der Waals surface area contributed by atoms with Crippen molar-refractivity contribution < 1.29 is 9.53 Å². The first-order chi connectivity index (χ1) is 8.70. The zero-order valence-corrected chi connectivity index (χ0v) is 11.3. The van der Waals surface area contributed by atoms with Crippen molar-refractivity contribution in [3.63, 3.8) is 0 Å². The van der Waals surface area contributed by atoms with E-state index in [0.717, 1.165) is 18.4 Å². The van der Waals surface area contributed by atoms with Crippen LogP contribution in [0.2, 0.25) is 5.02 Å². The van der Waals surface area contributed by atoms with E-state index >= 15 is 0 Å². The largest absolute Gasteiger partial charge is 0.495 e. The van der Waals surface area contributed by atoms with Crippen LogP contribution in [-0.2, 0) is 11.3 Å². The van der Waals surface area contributed by atoms with E-state index in [4.69, 9.17) is 16.3 Å². The molecule has 3 nitrogen and oxygen atoms in total. The molecule has 18 heavy (non-hydrogen) atoms. The molecule has 1 aromatic carbocycles. The van der Waals surface area contributed by atoms with Crippen LogP contribution in [0.15, 0.2) is 18.2 Å². The van der Waals surface area contributed by atoms with Crippen molar-refractivity contribution >= 4 is 17.5 Å². The molecule has 0 aliphatic heterocycles. The Hall–Kier alpha value is -1.22. The molecule has 1 fully saturated rings. The lowest BCUT2D eigenvalue weighted by molar-refractivity contribution is -0.124. The average molecular weight is 268 g/mol. The maximum Gasteiger partial charge on any atom is 0.223 e. The molecule has 0 spiro atoms. The molecular weight excluding hydrogens is 250 g/mol. The van der Waals surface area contributed by atoms with Gasteiger partial charge in [-0.25, -0.2) is 0 Å². The second kappa shape index (κ2) is 6.10. The summed E-state index contributed by atoms with van der Waals surface area (Å²) in [6.07, 6.45) is 4.39. The van der Waals surface area contributed by atoms with Gasteiger partial charge in [0.1, 0.15) is 5.75 Å². The highest BCUT2D eigenvalue weighted by atomic mass is 35.5. The van der Waals surface area contributed by atoms with E-state index in [1.54, 1.807) is 7.11 Å². The zero-order chi connectivity index (χ0) is 13.0. The number of nitrogens with one attached hydrogen (secondary N) is 1. The topological polar surface area (TPSA) is 38.3 Å². The minimum atomic E-state index is 0.166. The molecule has 1 aromatic rings. The van der Waals surface area contributed by atoms with E-state index in [1.165, 1.54) is 12.8 Å². The summed E-state index contributed by atoms with van der Waals surface area (Å²) in [7, 11) is 1.59. The van der Waals surface area contributed by atoms with Crippen molar-refractivity contribution in [2.24, 2.45) is 5.92 Å². The zero-order valence-electron chi connectivity index (χ0n) is 10.5. The summed E-state index contributed by atoms with van der Waals surface area (Å²) in [5.74, 6) is 1.03. The van der Waals surface area contributed by atoms with Gasteiger partial charge in [0.2, 0.25) is 5.91 Å². The van der Waals surface area contributed by atoms with Gasteiger partial charge in [-0.15, -0.1) is 0 Å². The third kappa shape index (κ3) is 3.16. The van der Waals surface area contributed by atoms with Crippen LogP contribution < -0.4 is 10.1 Å². The Kier molecular flexibility index (Phi) is 4.48. The lowest BCUT2D eigenvalue weighted by atomic mass is 10.1. The molecule has 1 N–H and O–H groups in total. The Morgan fingerprint density at radius 3 is 2.78 bits per heavy atom. The van der Waals surface area contributed by atoms with E-state index in [9.17, 15) is 4.79 Å². The first-order valence-corrected chi connectivity index (χ1v) is 6.68. The van der Waals surface area contributed by atoms with Gasteiger partial charge >= 0.3 is 0 Å². The number of ether oxygens (including phenoxy) is 1. The quantitative estimate of drug-likeness (QED) is 0.910. The minimum Gasteiger partial charge on any atom is -0.495 e. The number of hydrogen-bond acceptors (Lipinski definition) is 2. The minimum absolute atomic E-state index is 0.166. The molecule has 0 bridgehead atoms. The molecule has 0 aromatic heterocycles. The molecule has 0 atom stereocenters. The van der Waals surface area contributed by atoms with Gasteiger partial charge in [0.15, 0.2) is 0 Å². The van der Waals surface area contributed by atoms with E-state index in [-0.39, 0.29) is 11.8 Å². The van der Waals surface area contributed by atoms with Crippen molar-refractivity contribution in [1.82, 2.24) is 5.32 Å². The predicted octanol–water partition coefficient (Wildman–Crippen LogP) is 3.16. The molecule has 0 saturated heterocycles. The Balaban J connectivity index is 1.89. The van der Waals surface area contributed by atoms with E-state index in [1.807, 2.05) is 18.2 Å². The standard InChI is InChI=1S/C14H18ClNO2/c1-18-13-7-6-10(8-12(13)15)9-16-14(17)11-4-2-3-5-11/h6-8,11H,2-5,9H2,1H3,(H,16,17). The van der Waals surface area contributed by atoms with Crippen molar-refractivity contribution in [2.45, 2.75) is 32.2 Å². The van der Waals surface area contributed by atoms with E-state index in [2.05, 4.69) is 5.32 Å². The summed E-state index contributed by atoms with van der Waals surface area (Å²) >= 11 is 6.03. The molecule has 1 aliphatic carbocycles. The Bertz CT molecular complexity index is 428. The van der Waals surface area contributed by atoms with Crippen molar-refractivity contribution in [2.75, 3.05) is 7.11 Å². The van der Waals surface area contributed by atoms with Crippen LogP contribution in [-0.4, -0.2) is 13.0 Å². The number of benzene rings is 1. The molecule has 1 saturated carbocycles. The summed E-state index contributed by atoms with van der Waals surface area (Å²) in [5, 5.41) is 3.54. The third-order valence-electron chi connectivity index (χ3n) is 3.41. The SMILES string of the molecule is COc1ccc(CNC(=O)C2CCCC2)cc1Cl. The Morgan fingerprint density at radius 2 is 2.17 bits per heavy atom. The van der Waals surface area contributed by atoms with Gasteiger partial charge in [0, 0.05) is 12.5 Å². The van der Waals surface area contributed by atoms with Gasteiger partial charge in [0.25, 0.3) is 0 Å². The third-order valence-corrected chi connectivity index (χ3v) is 3.70. The number of amides is 1. The molecule has 1 aliphatic rings. The Morgan fingerprint density at radius 1 is 1.44 bits per heavy atom. The van der Waals surface area contributed by atoms with Gasteiger partial charge in [-0.1, -0.05) is 30.5 Å². The average Bonchev–Trinajstić information content (AvgIpc) is 2.90. The number of carbonyl (C=O) groups is 1. The predicted molar refractivity (Wildman–Crippen MR) is 71.8 cm³/mol. The summed E-state index contributed by atoms with van der Waals surface area (Å²) < 4.78 is 5.09. The number of hydrogen-bond donors (Lipinski definition) is 1. The molecule has 0 radical (unpaired) electrons. The van der Waals surface area contributed by atoms with Crippen molar-refractivity contribution in [3.8, 4) is 5.75 Å². The molecule has 98 valence electrons. The van der Waals surface area contributed by atoms with Crippen LogP contribution in [0, 0.1) is 5.92 Å². The van der Waals surface area contributed by atoms with Crippen molar-refractivity contribution in [3.05, 3.63) is 28.8 Å². The van der Waals surface area contributed by atoms with Crippen LogP contribution in [0.1, 0.15) is 31.2 Å². The number of rotatable bonds is 4. The highest BCUT2D eigenvalue weighted by Crippen LogP contribution is 2.26. The Labute approximate surface area is 112 Å². The second-order valence-corrected chi connectivity index (χ2v) is 5.08. The van der Waals surface area contributed by atoms with Gasteiger partial charge in [-0.2, -0.15) is 0 Å². The molecule has 4 heteroatoms. The van der Waals surface area contributed by atoms with Crippen LogP contribution in [0.4, 0.5) is 0 Å². The number of methoxy groups -OCH3 is 1. The fourth-order valence-electron chi connectivity index (χ4n) is 2.34. The highest BCUT2D eigenvalue weighted by Gasteiger charge is 2.22. The smallest absolute Gasteiger partial charge is 0.223 e. The van der Waals surface area contributed by atoms with Crippen molar-refractivity contribution in [1.29, 1.82) is 0 Å². The lowest BCUT2D eigenvalue weighted by Gasteiger charge is -2.11. The first-order valence-electron chi connectivity index (χ1n) is 6.31. The number of halogens is 1. The highest BCUT2D eigenvalue weighted by molar-refractivity contribution is 6.32. The van der Waals surface area contributed by atoms with E-state index < -0.39 is 0 Å². The monoisotopic (exact) mass is 267 g/mol. The van der Waals surface area contributed by atoms with Crippen LogP contribution in [0.3, 0.4) is 0 Å². The fraction of sp³-hybridized carbons (Fsp3) is 0.500. The fourth-order valence-corrected chi connectivity index (χ4v) is 2.62.